The summed E-state index contributed by atoms with van der Waals surface area (Å²) in [5.41, 5.74) is 2.07. The monoisotopic (exact) mass is 367 g/mol. The minimum absolute atomic E-state index is 0.0227. The van der Waals surface area contributed by atoms with Crippen LogP contribution in [0.1, 0.15) is 16.5 Å². The molecular formula is C17H15Cl2NO2S. The quantitative estimate of drug-likeness (QED) is 0.850. The number of nitrogens with zero attached hydrogens (tertiary/aromatic N) is 1. The van der Waals surface area contributed by atoms with Crippen LogP contribution in [0.4, 0.5) is 0 Å². The fourth-order valence-electron chi connectivity index (χ4n) is 2.69. The predicted octanol–water partition coefficient (Wildman–Crippen LogP) is 4.69. The van der Waals surface area contributed by atoms with Crippen LogP contribution in [0, 0.1) is 0 Å². The molecule has 0 radical (unpaired) electrons. The van der Waals surface area contributed by atoms with Crippen molar-refractivity contribution in [2.45, 2.75) is 18.0 Å². The number of benzene rings is 2. The Morgan fingerprint density at radius 1 is 1.17 bits per heavy atom. The van der Waals surface area contributed by atoms with E-state index >= 15 is 0 Å². The lowest BCUT2D eigenvalue weighted by atomic mass is 10.1. The Labute approximate surface area is 149 Å². The van der Waals surface area contributed by atoms with Crippen molar-refractivity contribution in [2.75, 3.05) is 5.75 Å². The van der Waals surface area contributed by atoms with Crippen LogP contribution in [0.3, 0.4) is 0 Å². The van der Waals surface area contributed by atoms with E-state index in [4.69, 9.17) is 23.2 Å². The first-order valence-corrected chi connectivity index (χ1v) is 8.95. The summed E-state index contributed by atoms with van der Waals surface area (Å²) in [5.74, 6) is -0.240. The zero-order chi connectivity index (χ0) is 16.4. The molecule has 1 heterocycles. The Hall–Kier alpha value is -1.20. The smallest absolute Gasteiger partial charge is 0.321 e. The highest BCUT2D eigenvalue weighted by molar-refractivity contribution is 7.99. The average molecular weight is 368 g/mol. The van der Waals surface area contributed by atoms with Gasteiger partial charge < -0.3 is 5.11 Å². The van der Waals surface area contributed by atoms with Crippen molar-refractivity contribution in [3.05, 3.63) is 69.7 Å². The van der Waals surface area contributed by atoms with Gasteiger partial charge in [0.15, 0.2) is 0 Å². The van der Waals surface area contributed by atoms with E-state index in [9.17, 15) is 9.90 Å². The second-order valence-corrected chi connectivity index (χ2v) is 7.38. The van der Waals surface area contributed by atoms with Gasteiger partial charge in [-0.25, -0.2) is 0 Å². The maximum absolute atomic E-state index is 11.6. The lowest BCUT2D eigenvalue weighted by Gasteiger charge is -2.27. The first-order chi connectivity index (χ1) is 11.0. The molecule has 3 rings (SSSR count). The molecule has 2 atom stereocenters. The third-order valence-corrected chi connectivity index (χ3v) is 5.66. The first kappa shape index (κ1) is 16.7. The van der Waals surface area contributed by atoms with Gasteiger partial charge in [0.1, 0.15) is 6.04 Å². The molecule has 0 aromatic heterocycles. The lowest BCUT2D eigenvalue weighted by molar-refractivity contribution is -0.142. The van der Waals surface area contributed by atoms with Gasteiger partial charge in [-0.2, -0.15) is 0 Å². The highest BCUT2D eigenvalue weighted by Gasteiger charge is 2.39. The summed E-state index contributed by atoms with van der Waals surface area (Å²) >= 11 is 13.6. The zero-order valence-corrected chi connectivity index (χ0v) is 14.5. The Morgan fingerprint density at radius 3 is 2.57 bits per heavy atom. The molecule has 3 nitrogen and oxygen atoms in total. The molecule has 2 unspecified atom stereocenters. The SMILES string of the molecule is O=C(O)C1CSC(c2cccc(Cl)c2)N1Cc1ccc(Cl)cc1. The summed E-state index contributed by atoms with van der Waals surface area (Å²) in [7, 11) is 0. The summed E-state index contributed by atoms with van der Waals surface area (Å²) in [6, 6.07) is 14.6. The molecule has 0 amide bonds. The van der Waals surface area contributed by atoms with Gasteiger partial charge in [-0.3, -0.25) is 9.69 Å². The number of thioether (sulfide) groups is 1. The highest BCUT2D eigenvalue weighted by atomic mass is 35.5. The van der Waals surface area contributed by atoms with Gasteiger partial charge in [-0.1, -0.05) is 47.5 Å². The number of carboxylic acid groups (broad SMARTS) is 1. The number of carbonyl (C=O) groups is 1. The third-order valence-electron chi connectivity index (χ3n) is 3.81. The predicted molar refractivity (Wildman–Crippen MR) is 95.1 cm³/mol. The summed E-state index contributed by atoms with van der Waals surface area (Å²) in [5, 5.41) is 10.8. The molecule has 2 aromatic rings. The molecule has 1 saturated heterocycles. The van der Waals surface area contributed by atoms with E-state index in [1.807, 2.05) is 53.4 Å². The molecule has 6 heteroatoms. The van der Waals surface area contributed by atoms with Gasteiger partial charge in [-0.05, 0) is 35.4 Å². The summed E-state index contributed by atoms with van der Waals surface area (Å²) in [6.45, 7) is 0.554. The van der Waals surface area contributed by atoms with E-state index in [1.165, 1.54) is 0 Å². The third kappa shape index (κ3) is 3.83. The fraction of sp³-hybridized carbons (Fsp3) is 0.235. The molecular weight excluding hydrogens is 353 g/mol. The highest BCUT2D eigenvalue weighted by Crippen LogP contribution is 2.42. The summed E-state index contributed by atoms with van der Waals surface area (Å²) in [6.07, 6.45) is 0. The van der Waals surface area contributed by atoms with Gasteiger partial charge in [-0.15, -0.1) is 11.8 Å². The van der Waals surface area contributed by atoms with Crippen LogP contribution in [0.5, 0.6) is 0 Å². The van der Waals surface area contributed by atoms with E-state index in [-0.39, 0.29) is 5.37 Å². The van der Waals surface area contributed by atoms with Crippen LogP contribution in [-0.2, 0) is 11.3 Å². The summed E-state index contributed by atoms with van der Waals surface area (Å²) in [4.78, 5) is 13.6. The van der Waals surface area contributed by atoms with E-state index in [1.54, 1.807) is 11.8 Å². The van der Waals surface area contributed by atoms with Crippen LogP contribution in [0.2, 0.25) is 10.0 Å². The maximum Gasteiger partial charge on any atom is 0.321 e. The Kier molecular flexibility index (Phi) is 5.17. The largest absolute Gasteiger partial charge is 0.480 e. The summed E-state index contributed by atoms with van der Waals surface area (Å²) < 4.78 is 0. The number of hydrogen-bond donors (Lipinski definition) is 1. The van der Waals surface area contributed by atoms with Crippen molar-refractivity contribution in [1.82, 2.24) is 4.90 Å². The van der Waals surface area contributed by atoms with Crippen LogP contribution < -0.4 is 0 Å². The zero-order valence-electron chi connectivity index (χ0n) is 12.2. The van der Waals surface area contributed by atoms with E-state index in [0.29, 0.717) is 22.3 Å². The molecule has 0 aliphatic carbocycles. The number of aliphatic carboxylic acids is 1. The van der Waals surface area contributed by atoms with Gasteiger partial charge in [0.2, 0.25) is 0 Å². The molecule has 2 aromatic carbocycles. The minimum atomic E-state index is -0.795. The maximum atomic E-state index is 11.6. The van der Waals surface area contributed by atoms with E-state index in [2.05, 4.69) is 0 Å². The molecule has 23 heavy (non-hydrogen) atoms. The standard InChI is InChI=1S/C17H15Cl2NO2S/c18-13-6-4-11(5-7-13)9-20-15(17(21)22)10-23-16(20)12-2-1-3-14(19)8-12/h1-8,15-16H,9-10H2,(H,21,22). The Balaban J connectivity index is 1.89. The van der Waals surface area contributed by atoms with Gasteiger partial charge >= 0.3 is 5.97 Å². The van der Waals surface area contributed by atoms with Crippen molar-refractivity contribution >= 4 is 40.9 Å². The number of rotatable bonds is 4. The topological polar surface area (TPSA) is 40.5 Å². The second kappa shape index (κ2) is 7.14. The Bertz CT molecular complexity index is 708. The fourth-order valence-corrected chi connectivity index (χ4v) is 4.47. The molecule has 0 spiro atoms. The normalized spacial score (nSPS) is 21.5. The number of hydrogen-bond acceptors (Lipinski definition) is 3. The first-order valence-electron chi connectivity index (χ1n) is 7.14. The molecule has 0 saturated carbocycles. The van der Waals surface area contributed by atoms with Crippen LogP contribution in [0.15, 0.2) is 48.5 Å². The van der Waals surface area contributed by atoms with Crippen LogP contribution in [-0.4, -0.2) is 27.8 Å². The van der Waals surface area contributed by atoms with E-state index < -0.39 is 12.0 Å². The molecule has 1 aliphatic rings. The molecule has 1 aliphatic heterocycles. The van der Waals surface area contributed by atoms with E-state index in [0.717, 1.165) is 11.1 Å². The molecule has 120 valence electrons. The van der Waals surface area contributed by atoms with Crippen LogP contribution >= 0.6 is 35.0 Å². The molecule has 1 fully saturated rings. The average Bonchev–Trinajstić information content (AvgIpc) is 2.93. The minimum Gasteiger partial charge on any atom is -0.480 e. The number of carboxylic acids is 1. The second-order valence-electron chi connectivity index (χ2n) is 5.39. The van der Waals surface area contributed by atoms with Crippen molar-refractivity contribution in [3.8, 4) is 0 Å². The number of halogens is 2. The van der Waals surface area contributed by atoms with Crippen molar-refractivity contribution in [2.24, 2.45) is 0 Å². The van der Waals surface area contributed by atoms with Crippen LogP contribution in [0.25, 0.3) is 0 Å². The van der Waals surface area contributed by atoms with Gasteiger partial charge in [0, 0.05) is 22.3 Å². The molecule has 0 bridgehead atoms. The van der Waals surface area contributed by atoms with Gasteiger partial charge in [0.05, 0.1) is 5.37 Å². The Morgan fingerprint density at radius 2 is 1.91 bits per heavy atom. The van der Waals surface area contributed by atoms with Crippen molar-refractivity contribution in [3.63, 3.8) is 0 Å². The lowest BCUT2D eigenvalue weighted by Crippen LogP contribution is -2.38. The van der Waals surface area contributed by atoms with Crippen molar-refractivity contribution in [1.29, 1.82) is 0 Å². The van der Waals surface area contributed by atoms with Gasteiger partial charge in [0.25, 0.3) is 0 Å². The molecule has 1 N–H and O–H groups in total. The van der Waals surface area contributed by atoms with Crippen molar-refractivity contribution < 1.29 is 9.90 Å².